The molecule has 6 nitrogen and oxygen atoms in total. The lowest BCUT2D eigenvalue weighted by molar-refractivity contribution is 0.0598. The molecule has 1 N–H and O–H groups in total. The highest BCUT2D eigenvalue weighted by Crippen LogP contribution is 2.31. The van der Waals surface area contributed by atoms with E-state index >= 15 is 0 Å². The molecule has 0 aliphatic rings. The summed E-state index contributed by atoms with van der Waals surface area (Å²) in [5.41, 5.74) is 3.04. The molecule has 0 bridgehead atoms. The second-order valence-electron chi connectivity index (χ2n) is 5.79. The van der Waals surface area contributed by atoms with Crippen molar-refractivity contribution in [1.82, 2.24) is 5.32 Å². The summed E-state index contributed by atoms with van der Waals surface area (Å²) in [6.07, 6.45) is -0.991. The van der Waals surface area contributed by atoms with Crippen LogP contribution in [0.2, 0.25) is 5.02 Å². The Morgan fingerprint density at radius 1 is 1.11 bits per heavy atom. The number of ether oxygens (including phenoxy) is 3. The minimum atomic E-state index is -0.526. The van der Waals surface area contributed by atoms with Gasteiger partial charge in [0.15, 0.2) is 0 Å². The highest BCUT2D eigenvalue weighted by Gasteiger charge is 2.20. The van der Waals surface area contributed by atoms with Crippen LogP contribution in [0, 0.1) is 6.92 Å². The summed E-state index contributed by atoms with van der Waals surface area (Å²) in [6.45, 7) is 2.46. The second kappa shape index (κ2) is 9.94. The Balaban J connectivity index is 2.32. The number of aryl methyl sites for hydroxylation is 1. The quantitative estimate of drug-likeness (QED) is 0.572. The average Bonchev–Trinajstić information content (AvgIpc) is 2.68. The van der Waals surface area contributed by atoms with Crippen LogP contribution in [-0.2, 0) is 14.2 Å². The van der Waals surface area contributed by atoms with Gasteiger partial charge in [0.05, 0.1) is 26.4 Å². The Morgan fingerprint density at radius 3 is 2.56 bits per heavy atom. The maximum absolute atomic E-state index is 11.9. The normalized spacial score (nSPS) is 11.6. The SMILES string of the molecule is COC(=O)NCCO[C@H](c1cccc(Cl)c1)c1cc(C(=O)OC)ccc1C. The number of rotatable bonds is 7. The fourth-order valence-electron chi connectivity index (χ4n) is 2.61. The molecule has 0 radical (unpaired) electrons. The van der Waals surface area contributed by atoms with Crippen LogP contribution in [0.15, 0.2) is 42.5 Å². The molecule has 1 amide bonds. The van der Waals surface area contributed by atoms with Gasteiger partial charge < -0.3 is 19.5 Å². The first-order valence-corrected chi connectivity index (χ1v) is 8.71. The molecule has 0 saturated heterocycles. The summed E-state index contributed by atoms with van der Waals surface area (Å²) < 4.78 is 15.4. The summed E-state index contributed by atoms with van der Waals surface area (Å²) in [6, 6.07) is 12.6. The molecule has 0 aromatic heterocycles. The summed E-state index contributed by atoms with van der Waals surface area (Å²) in [5.74, 6) is -0.423. The summed E-state index contributed by atoms with van der Waals surface area (Å²) in [5, 5.41) is 3.15. The lowest BCUT2D eigenvalue weighted by atomic mass is 9.95. The number of benzene rings is 2. The van der Waals surface area contributed by atoms with E-state index in [1.54, 1.807) is 18.2 Å². The molecule has 2 aromatic carbocycles. The number of halogens is 1. The number of esters is 1. The van der Waals surface area contributed by atoms with Gasteiger partial charge in [-0.3, -0.25) is 0 Å². The van der Waals surface area contributed by atoms with Gasteiger partial charge in [-0.25, -0.2) is 9.59 Å². The summed E-state index contributed by atoms with van der Waals surface area (Å²) in [7, 11) is 2.64. The van der Waals surface area contributed by atoms with Crippen LogP contribution in [0.4, 0.5) is 4.79 Å². The largest absolute Gasteiger partial charge is 0.465 e. The van der Waals surface area contributed by atoms with Gasteiger partial charge in [-0.05, 0) is 47.9 Å². The van der Waals surface area contributed by atoms with Gasteiger partial charge in [-0.1, -0.05) is 29.8 Å². The van der Waals surface area contributed by atoms with Gasteiger partial charge in [0, 0.05) is 11.6 Å². The van der Waals surface area contributed by atoms with Crippen molar-refractivity contribution >= 4 is 23.7 Å². The molecular formula is C20H22ClNO5. The van der Waals surface area contributed by atoms with E-state index in [0.29, 0.717) is 10.6 Å². The molecule has 144 valence electrons. The van der Waals surface area contributed by atoms with Crippen LogP contribution in [0.5, 0.6) is 0 Å². The van der Waals surface area contributed by atoms with Crippen molar-refractivity contribution in [3.8, 4) is 0 Å². The second-order valence-corrected chi connectivity index (χ2v) is 6.22. The molecule has 0 spiro atoms. The summed E-state index contributed by atoms with van der Waals surface area (Å²) >= 11 is 6.14. The number of hydrogen-bond acceptors (Lipinski definition) is 5. The van der Waals surface area contributed by atoms with E-state index in [0.717, 1.165) is 16.7 Å². The molecule has 0 saturated carbocycles. The molecule has 7 heteroatoms. The molecule has 27 heavy (non-hydrogen) atoms. The predicted molar refractivity (Wildman–Crippen MR) is 102 cm³/mol. The van der Waals surface area contributed by atoms with Gasteiger partial charge in [0.25, 0.3) is 0 Å². The van der Waals surface area contributed by atoms with E-state index in [2.05, 4.69) is 10.1 Å². The van der Waals surface area contributed by atoms with Crippen molar-refractivity contribution < 1.29 is 23.8 Å². The van der Waals surface area contributed by atoms with Gasteiger partial charge >= 0.3 is 12.1 Å². The van der Waals surface area contributed by atoms with E-state index in [1.807, 2.05) is 31.2 Å². The van der Waals surface area contributed by atoms with Gasteiger partial charge in [0.1, 0.15) is 6.10 Å². The highest BCUT2D eigenvalue weighted by molar-refractivity contribution is 6.30. The average molecular weight is 392 g/mol. The molecule has 1 atom stereocenters. The van der Waals surface area contributed by atoms with Gasteiger partial charge in [-0.2, -0.15) is 0 Å². The van der Waals surface area contributed by atoms with E-state index in [4.69, 9.17) is 21.1 Å². The third-order valence-corrected chi connectivity index (χ3v) is 4.21. The Bertz CT molecular complexity index is 809. The molecule has 0 unspecified atom stereocenters. The lowest BCUT2D eigenvalue weighted by Crippen LogP contribution is -2.27. The fraction of sp³-hybridized carbons (Fsp3) is 0.300. The monoisotopic (exact) mass is 391 g/mol. The Hall–Kier alpha value is -2.57. The number of methoxy groups -OCH3 is 2. The smallest absolute Gasteiger partial charge is 0.406 e. The zero-order chi connectivity index (χ0) is 19.8. The molecule has 2 aromatic rings. The van der Waals surface area contributed by atoms with Crippen molar-refractivity contribution in [2.75, 3.05) is 27.4 Å². The van der Waals surface area contributed by atoms with Gasteiger partial charge in [0.2, 0.25) is 0 Å². The first-order valence-electron chi connectivity index (χ1n) is 8.34. The number of hydrogen-bond donors (Lipinski definition) is 1. The minimum Gasteiger partial charge on any atom is -0.465 e. The zero-order valence-electron chi connectivity index (χ0n) is 15.5. The van der Waals surface area contributed by atoms with Crippen LogP contribution in [0.1, 0.15) is 33.2 Å². The number of nitrogens with one attached hydrogen (secondary N) is 1. The maximum Gasteiger partial charge on any atom is 0.406 e. The van der Waals surface area contributed by atoms with E-state index in [-0.39, 0.29) is 13.2 Å². The van der Waals surface area contributed by atoms with Crippen LogP contribution >= 0.6 is 11.6 Å². The van der Waals surface area contributed by atoms with E-state index in [9.17, 15) is 9.59 Å². The Kier molecular flexibility index (Phi) is 7.64. The van der Waals surface area contributed by atoms with Crippen molar-refractivity contribution in [2.45, 2.75) is 13.0 Å². The van der Waals surface area contributed by atoms with E-state index < -0.39 is 18.2 Å². The molecule has 0 aliphatic heterocycles. The van der Waals surface area contributed by atoms with Crippen LogP contribution in [0.25, 0.3) is 0 Å². The van der Waals surface area contributed by atoms with E-state index in [1.165, 1.54) is 14.2 Å². The number of carbonyl (C=O) groups excluding carboxylic acids is 2. The van der Waals surface area contributed by atoms with Crippen molar-refractivity contribution in [3.63, 3.8) is 0 Å². The Labute approximate surface area is 163 Å². The standard InChI is InChI=1S/C20H22ClNO5/c1-13-7-8-15(19(23)25-2)12-17(13)18(14-5-4-6-16(21)11-14)27-10-9-22-20(24)26-3/h4-8,11-12,18H,9-10H2,1-3H3,(H,22,24)/t18-/m1/s1. The first kappa shape index (κ1) is 20.7. The minimum absolute atomic E-state index is 0.244. The van der Waals surface area contributed by atoms with Crippen LogP contribution in [-0.4, -0.2) is 39.4 Å². The number of amides is 1. The third kappa shape index (κ3) is 5.70. The van der Waals surface area contributed by atoms with Crippen molar-refractivity contribution in [2.24, 2.45) is 0 Å². The number of alkyl carbamates (subject to hydrolysis) is 1. The molecule has 2 rings (SSSR count). The molecular weight excluding hydrogens is 370 g/mol. The third-order valence-electron chi connectivity index (χ3n) is 3.98. The van der Waals surface area contributed by atoms with Crippen molar-refractivity contribution in [1.29, 1.82) is 0 Å². The Morgan fingerprint density at radius 2 is 1.89 bits per heavy atom. The first-order chi connectivity index (χ1) is 13.0. The highest BCUT2D eigenvalue weighted by atomic mass is 35.5. The predicted octanol–water partition coefficient (Wildman–Crippen LogP) is 3.90. The fourth-order valence-corrected chi connectivity index (χ4v) is 2.80. The maximum atomic E-state index is 11.9. The van der Waals surface area contributed by atoms with Crippen LogP contribution < -0.4 is 5.32 Å². The number of carbonyl (C=O) groups is 2. The summed E-state index contributed by atoms with van der Waals surface area (Å²) in [4.78, 5) is 23.1. The van der Waals surface area contributed by atoms with Crippen LogP contribution in [0.3, 0.4) is 0 Å². The van der Waals surface area contributed by atoms with Gasteiger partial charge in [-0.15, -0.1) is 0 Å². The molecule has 0 heterocycles. The molecule has 0 aliphatic carbocycles. The zero-order valence-corrected chi connectivity index (χ0v) is 16.2. The lowest BCUT2D eigenvalue weighted by Gasteiger charge is -2.22. The topological polar surface area (TPSA) is 73.9 Å². The molecule has 0 fully saturated rings. The van der Waals surface area contributed by atoms with Crippen molar-refractivity contribution in [3.05, 3.63) is 69.7 Å².